The second-order valence-electron chi connectivity index (χ2n) is 6.15. The fourth-order valence-electron chi connectivity index (χ4n) is 1.85. The van der Waals surface area contributed by atoms with Crippen LogP contribution >= 0.6 is 0 Å². The van der Waals surface area contributed by atoms with Gasteiger partial charge in [0.05, 0.1) is 19.3 Å². The maximum absolute atomic E-state index is 13.0. The van der Waals surface area contributed by atoms with E-state index in [0.29, 0.717) is 19.8 Å². The Morgan fingerprint density at radius 2 is 1.76 bits per heavy atom. The molecule has 0 fully saturated rings. The topological polar surface area (TPSA) is 30.5 Å². The van der Waals surface area contributed by atoms with E-state index >= 15 is 0 Å². The van der Waals surface area contributed by atoms with Crippen LogP contribution in [0.2, 0.25) is 0 Å². The van der Waals surface area contributed by atoms with Gasteiger partial charge in [-0.05, 0) is 44.9 Å². The molecule has 0 spiro atoms. The zero-order valence-corrected chi connectivity index (χ0v) is 13.6. The molecular weight excluding hydrogens is 269 g/mol. The van der Waals surface area contributed by atoms with Crippen molar-refractivity contribution in [1.29, 1.82) is 0 Å². The molecule has 0 aromatic heterocycles. The van der Waals surface area contributed by atoms with Crippen LogP contribution in [0.4, 0.5) is 4.39 Å². The van der Waals surface area contributed by atoms with Crippen molar-refractivity contribution in [3.8, 4) is 0 Å². The Hall–Kier alpha value is -0.970. The van der Waals surface area contributed by atoms with Gasteiger partial charge in [0.2, 0.25) is 0 Å². The van der Waals surface area contributed by atoms with Gasteiger partial charge in [-0.1, -0.05) is 19.1 Å². The van der Waals surface area contributed by atoms with E-state index in [-0.39, 0.29) is 17.5 Å². The summed E-state index contributed by atoms with van der Waals surface area (Å²) in [7, 11) is 0. The molecule has 1 aromatic carbocycles. The van der Waals surface area contributed by atoms with Crippen molar-refractivity contribution in [2.24, 2.45) is 0 Å². The molecule has 0 saturated heterocycles. The molecule has 0 radical (unpaired) electrons. The van der Waals surface area contributed by atoms with Gasteiger partial charge < -0.3 is 14.8 Å². The normalized spacial score (nSPS) is 13.4. The lowest BCUT2D eigenvalue weighted by Crippen LogP contribution is -2.39. The van der Waals surface area contributed by atoms with Gasteiger partial charge in [-0.3, -0.25) is 0 Å². The fourth-order valence-corrected chi connectivity index (χ4v) is 1.85. The molecule has 0 aliphatic carbocycles. The van der Waals surface area contributed by atoms with Crippen molar-refractivity contribution in [3.63, 3.8) is 0 Å². The highest BCUT2D eigenvalue weighted by Gasteiger charge is 2.16. The Balaban J connectivity index is 2.55. The second kappa shape index (κ2) is 9.13. The molecule has 0 amide bonds. The van der Waals surface area contributed by atoms with Crippen LogP contribution in [-0.4, -0.2) is 31.9 Å². The molecule has 1 N–H and O–H groups in total. The third-order valence-corrected chi connectivity index (χ3v) is 2.95. The maximum Gasteiger partial charge on any atom is 0.123 e. The predicted octanol–water partition coefficient (Wildman–Crippen LogP) is 3.70. The molecule has 0 saturated carbocycles. The first-order valence-electron chi connectivity index (χ1n) is 7.62. The van der Waals surface area contributed by atoms with Crippen LogP contribution in [0.3, 0.4) is 0 Å². The minimum atomic E-state index is -0.229. The smallest absolute Gasteiger partial charge is 0.123 e. The van der Waals surface area contributed by atoms with Crippen molar-refractivity contribution in [2.45, 2.75) is 45.8 Å². The molecule has 0 bridgehead atoms. The quantitative estimate of drug-likeness (QED) is 0.705. The van der Waals surface area contributed by atoms with E-state index < -0.39 is 0 Å². The van der Waals surface area contributed by atoms with Crippen LogP contribution in [0.25, 0.3) is 0 Å². The standard InChI is InChI=1S/C17H28FNO2/c1-5-10-20-11-12-21-16(13-19-17(2,3)4)14-6-8-15(18)9-7-14/h6-9,16,19H,5,10-13H2,1-4H3. The Kier molecular flexibility index (Phi) is 7.86. The van der Waals surface area contributed by atoms with E-state index in [4.69, 9.17) is 9.47 Å². The Labute approximate surface area is 127 Å². The lowest BCUT2D eigenvalue weighted by molar-refractivity contribution is 0.00206. The molecule has 1 aromatic rings. The first-order valence-corrected chi connectivity index (χ1v) is 7.62. The van der Waals surface area contributed by atoms with E-state index in [0.717, 1.165) is 18.6 Å². The van der Waals surface area contributed by atoms with Crippen molar-refractivity contribution in [1.82, 2.24) is 5.32 Å². The van der Waals surface area contributed by atoms with Crippen LogP contribution < -0.4 is 5.32 Å². The highest BCUT2D eigenvalue weighted by atomic mass is 19.1. The van der Waals surface area contributed by atoms with E-state index in [9.17, 15) is 4.39 Å². The number of halogens is 1. The summed E-state index contributed by atoms with van der Waals surface area (Å²) in [5.74, 6) is -0.229. The third kappa shape index (κ3) is 8.15. The zero-order valence-electron chi connectivity index (χ0n) is 13.6. The highest BCUT2D eigenvalue weighted by molar-refractivity contribution is 5.19. The van der Waals surface area contributed by atoms with Crippen LogP contribution in [0, 0.1) is 5.82 Å². The minimum Gasteiger partial charge on any atom is -0.379 e. The lowest BCUT2D eigenvalue weighted by Gasteiger charge is -2.26. The molecule has 0 aliphatic heterocycles. The number of ether oxygens (including phenoxy) is 2. The molecule has 4 heteroatoms. The first-order chi connectivity index (χ1) is 9.92. The summed E-state index contributed by atoms with van der Waals surface area (Å²) in [4.78, 5) is 0. The van der Waals surface area contributed by atoms with Crippen LogP contribution in [-0.2, 0) is 9.47 Å². The van der Waals surface area contributed by atoms with E-state index in [1.165, 1.54) is 12.1 Å². The molecule has 21 heavy (non-hydrogen) atoms. The van der Waals surface area contributed by atoms with Gasteiger partial charge >= 0.3 is 0 Å². The summed E-state index contributed by atoms with van der Waals surface area (Å²) in [5, 5.41) is 3.43. The van der Waals surface area contributed by atoms with Crippen molar-refractivity contribution in [2.75, 3.05) is 26.4 Å². The third-order valence-electron chi connectivity index (χ3n) is 2.95. The number of benzene rings is 1. The summed E-state index contributed by atoms with van der Waals surface area (Å²) < 4.78 is 24.4. The lowest BCUT2D eigenvalue weighted by atomic mass is 10.1. The van der Waals surface area contributed by atoms with Crippen molar-refractivity contribution >= 4 is 0 Å². The molecule has 3 nitrogen and oxygen atoms in total. The average Bonchev–Trinajstić information content (AvgIpc) is 2.42. The van der Waals surface area contributed by atoms with Gasteiger partial charge in [-0.15, -0.1) is 0 Å². The summed E-state index contributed by atoms with van der Waals surface area (Å²) >= 11 is 0. The van der Waals surface area contributed by atoms with Crippen LogP contribution in [0.15, 0.2) is 24.3 Å². The van der Waals surface area contributed by atoms with Crippen molar-refractivity contribution < 1.29 is 13.9 Å². The predicted molar refractivity (Wildman–Crippen MR) is 84.0 cm³/mol. The molecular formula is C17H28FNO2. The maximum atomic E-state index is 13.0. The molecule has 1 atom stereocenters. The zero-order chi connectivity index (χ0) is 15.7. The summed E-state index contributed by atoms with van der Waals surface area (Å²) in [5.41, 5.74) is 0.990. The summed E-state index contributed by atoms with van der Waals surface area (Å²) in [6.45, 7) is 11.0. The van der Waals surface area contributed by atoms with Gasteiger partial charge in [0, 0.05) is 18.7 Å². The Morgan fingerprint density at radius 3 is 2.33 bits per heavy atom. The molecule has 120 valence electrons. The van der Waals surface area contributed by atoms with Gasteiger partial charge in [0.1, 0.15) is 5.82 Å². The molecule has 0 aliphatic rings. The van der Waals surface area contributed by atoms with Gasteiger partial charge in [-0.25, -0.2) is 4.39 Å². The molecule has 1 unspecified atom stereocenters. The van der Waals surface area contributed by atoms with Gasteiger partial charge in [0.25, 0.3) is 0 Å². The monoisotopic (exact) mass is 297 g/mol. The number of hydrogen-bond acceptors (Lipinski definition) is 3. The Morgan fingerprint density at radius 1 is 1.10 bits per heavy atom. The van der Waals surface area contributed by atoms with Gasteiger partial charge in [0.15, 0.2) is 0 Å². The van der Waals surface area contributed by atoms with E-state index in [1.807, 2.05) is 0 Å². The first kappa shape index (κ1) is 18.1. The largest absolute Gasteiger partial charge is 0.379 e. The van der Waals surface area contributed by atoms with Crippen LogP contribution in [0.1, 0.15) is 45.8 Å². The highest BCUT2D eigenvalue weighted by Crippen LogP contribution is 2.18. The molecule has 1 rings (SSSR count). The Bertz CT molecular complexity index is 387. The summed E-state index contributed by atoms with van der Waals surface area (Å²) in [6, 6.07) is 6.49. The van der Waals surface area contributed by atoms with E-state index in [1.54, 1.807) is 12.1 Å². The SMILES string of the molecule is CCCOCCOC(CNC(C)(C)C)c1ccc(F)cc1. The van der Waals surface area contributed by atoms with Crippen molar-refractivity contribution in [3.05, 3.63) is 35.6 Å². The average molecular weight is 297 g/mol. The van der Waals surface area contributed by atoms with Gasteiger partial charge in [-0.2, -0.15) is 0 Å². The number of rotatable bonds is 9. The molecule has 0 heterocycles. The van der Waals surface area contributed by atoms with E-state index in [2.05, 4.69) is 33.0 Å². The van der Waals surface area contributed by atoms with Crippen LogP contribution in [0.5, 0.6) is 0 Å². The second-order valence-corrected chi connectivity index (χ2v) is 6.15. The fraction of sp³-hybridized carbons (Fsp3) is 0.647. The number of nitrogens with one attached hydrogen (secondary N) is 1. The number of hydrogen-bond donors (Lipinski definition) is 1. The minimum absolute atomic E-state index is 0.0142. The summed E-state index contributed by atoms with van der Waals surface area (Å²) in [6.07, 6.45) is 0.905.